The summed E-state index contributed by atoms with van der Waals surface area (Å²) in [5, 5.41) is 5.91. The van der Waals surface area contributed by atoms with E-state index in [2.05, 4.69) is 15.6 Å². The zero-order valence-corrected chi connectivity index (χ0v) is 19.6. The van der Waals surface area contributed by atoms with Crippen LogP contribution in [0.15, 0.2) is 60.9 Å². The molecule has 0 aliphatic heterocycles. The lowest BCUT2D eigenvalue weighted by Gasteiger charge is -2.06. The molecule has 0 aliphatic carbocycles. The lowest BCUT2D eigenvalue weighted by Crippen LogP contribution is -2.12. The van der Waals surface area contributed by atoms with E-state index in [9.17, 15) is 18.8 Å². The van der Waals surface area contributed by atoms with Crippen molar-refractivity contribution in [3.63, 3.8) is 0 Å². The van der Waals surface area contributed by atoms with Crippen LogP contribution in [0, 0.1) is 12.7 Å². The number of hydrogen-bond donors (Lipinski definition) is 2. The van der Waals surface area contributed by atoms with E-state index in [1.54, 1.807) is 61.3 Å². The Labute approximate surface area is 203 Å². The van der Waals surface area contributed by atoms with Crippen LogP contribution in [-0.4, -0.2) is 27.1 Å². The van der Waals surface area contributed by atoms with Crippen LogP contribution in [0.2, 0.25) is 5.02 Å². The Morgan fingerprint density at radius 2 is 1.76 bits per heavy atom. The molecule has 0 aliphatic rings. The number of hydrogen-bond acceptors (Lipinski definition) is 5. The lowest BCUT2D eigenvalue weighted by molar-refractivity contribution is 0.101. The largest absolute Gasteiger partial charge is 0.331 e. The second kappa shape index (κ2) is 9.58. The predicted molar refractivity (Wildman–Crippen MR) is 129 cm³/mol. The van der Waals surface area contributed by atoms with Crippen LogP contribution in [0.1, 0.15) is 41.8 Å². The van der Waals surface area contributed by atoms with E-state index < -0.39 is 11.7 Å². The first-order valence-electron chi connectivity index (χ1n) is 10.0. The number of rotatable bonds is 6. The zero-order chi connectivity index (χ0) is 24.4. The van der Waals surface area contributed by atoms with Crippen LogP contribution in [0.25, 0.3) is 0 Å². The van der Waals surface area contributed by atoms with Crippen molar-refractivity contribution in [1.29, 1.82) is 0 Å². The lowest BCUT2D eigenvalue weighted by atomic mass is 10.1. The summed E-state index contributed by atoms with van der Waals surface area (Å²) >= 11 is 7.05. The number of nitrogens with one attached hydrogen (secondary N) is 2. The number of aromatic nitrogens is 2. The van der Waals surface area contributed by atoms with Crippen molar-refractivity contribution in [3.05, 3.63) is 99.2 Å². The molecule has 0 fully saturated rings. The molecular weight excluding hydrogens is 479 g/mol. The number of imidazole rings is 1. The summed E-state index contributed by atoms with van der Waals surface area (Å²) in [6.07, 6.45) is 3.24. The molecule has 0 atom stereocenters. The van der Waals surface area contributed by atoms with Crippen molar-refractivity contribution in [1.82, 2.24) is 9.55 Å². The number of halogens is 2. The summed E-state index contributed by atoms with van der Waals surface area (Å²) in [5.74, 6) is -1.30. The average molecular weight is 497 g/mol. The molecule has 2 amide bonds. The SMILES string of the molecule is Cc1cc(NC(=O)c2ccc(F)cc2Cl)sc1C(=O)Nc1ccc(C(=O)c2nccn2C)cc1. The van der Waals surface area contributed by atoms with Crippen LogP contribution in [0.3, 0.4) is 0 Å². The molecule has 2 aromatic heterocycles. The number of ketones is 1. The van der Waals surface area contributed by atoms with Crippen molar-refractivity contribution in [2.75, 3.05) is 10.6 Å². The summed E-state index contributed by atoms with van der Waals surface area (Å²) in [7, 11) is 1.74. The van der Waals surface area contributed by atoms with Crippen molar-refractivity contribution >= 4 is 51.2 Å². The minimum absolute atomic E-state index is 0.00594. The Bertz CT molecular complexity index is 1410. The number of carbonyl (C=O) groups excluding carboxylic acids is 3. The molecule has 4 aromatic rings. The normalized spacial score (nSPS) is 10.7. The van der Waals surface area contributed by atoms with Gasteiger partial charge in [0.15, 0.2) is 5.82 Å². The maximum Gasteiger partial charge on any atom is 0.266 e. The number of nitrogens with zero attached hydrogens (tertiary/aromatic N) is 2. The fourth-order valence-corrected chi connectivity index (χ4v) is 4.44. The predicted octanol–water partition coefficient (Wildman–Crippen LogP) is 5.32. The maximum atomic E-state index is 13.2. The topological polar surface area (TPSA) is 93.1 Å². The van der Waals surface area contributed by atoms with Crippen LogP contribution >= 0.6 is 22.9 Å². The molecule has 0 unspecified atom stereocenters. The van der Waals surface area contributed by atoms with Gasteiger partial charge in [-0.05, 0) is 61.0 Å². The first-order chi connectivity index (χ1) is 16.2. The monoisotopic (exact) mass is 496 g/mol. The Morgan fingerprint density at radius 1 is 1.03 bits per heavy atom. The summed E-state index contributed by atoms with van der Waals surface area (Å²) in [4.78, 5) is 42.3. The van der Waals surface area contributed by atoms with Gasteiger partial charge in [0.25, 0.3) is 11.8 Å². The van der Waals surface area contributed by atoms with Gasteiger partial charge in [0.05, 0.1) is 20.5 Å². The average Bonchev–Trinajstić information content (AvgIpc) is 3.38. The van der Waals surface area contributed by atoms with Crippen molar-refractivity contribution in [2.24, 2.45) is 7.05 Å². The van der Waals surface area contributed by atoms with Gasteiger partial charge in [-0.3, -0.25) is 14.4 Å². The highest BCUT2D eigenvalue weighted by atomic mass is 35.5. The third-order valence-electron chi connectivity index (χ3n) is 4.97. The highest BCUT2D eigenvalue weighted by molar-refractivity contribution is 7.18. The highest BCUT2D eigenvalue weighted by Gasteiger charge is 2.18. The molecular formula is C24H18ClFN4O3S. The Kier molecular flexibility index (Phi) is 6.58. The van der Waals surface area contributed by atoms with Gasteiger partial charge in [-0.15, -0.1) is 11.3 Å². The fourth-order valence-electron chi connectivity index (χ4n) is 3.23. The summed E-state index contributed by atoms with van der Waals surface area (Å²) in [6, 6.07) is 11.7. The molecule has 0 spiro atoms. The Hall–Kier alpha value is -3.82. The molecule has 2 N–H and O–H groups in total. The van der Waals surface area contributed by atoms with Crippen molar-refractivity contribution < 1.29 is 18.8 Å². The van der Waals surface area contributed by atoms with Gasteiger partial charge in [0, 0.05) is 30.7 Å². The molecule has 2 heterocycles. The second-order valence-corrected chi connectivity index (χ2v) is 8.88. The molecule has 2 aromatic carbocycles. The number of anilines is 2. The number of aryl methyl sites for hydroxylation is 2. The summed E-state index contributed by atoms with van der Waals surface area (Å²) in [5.41, 5.74) is 1.76. The quantitative estimate of drug-likeness (QED) is 0.353. The zero-order valence-electron chi connectivity index (χ0n) is 18.1. The molecule has 10 heteroatoms. The van der Waals surface area contributed by atoms with Crippen molar-refractivity contribution in [2.45, 2.75) is 6.92 Å². The number of amides is 2. The van der Waals surface area contributed by atoms with Gasteiger partial charge in [0.2, 0.25) is 5.78 Å². The van der Waals surface area contributed by atoms with E-state index in [-0.39, 0.29) is 22.3 Å². The van der Waals surface area contributed by atoms with Crippen LogP contribution in [0.4, 0.5) is 15.1 Å². The minimum atomic E-state index is -0.540. The Morgan fingerprint density at radius 3 is 2.41 bits per heavy atom. The van der Waals surface area contributed by atoms with E-state index >= 15 is 0 Å². The first-order valence-corrected chi connectivity index (χ1v) is 11.2. The first kappa shape index (κ1) is 23.3. The summed E-state index contributed by atoms with van der Waals surface area (Å²) < 4.78 is 14.9. The Balaban J connectivity index is 1.44. The molecule has 7 nitrogen and oxygen atoms in total. The van der Waals surface area contributed by atoms with E-state index in [1.165, 1.54) is 6.07 Å². The van der Waals surface area contributed by atoms with Crippen LogP contribution in [-0.2, 0) is 7.05 Å². The molecule has 4 rings (SSSR count). The van der Waals surface area contributed by atoms with Gasteiger partial charge in [-0.1, -0.05) is 11.6 Å². The molecule has 0 radical (unpaired) electrons. The molecule has 172 valence electrons. The van der Waals surface area contributed by atoms with E-state index in [4.69, 9.17) is 11.6 Å². The van der Waals surface area contributed by atoms with Gasteiger partial charge >= 0.3 is 0 Å². The highest BCUT2D eigenvalue weighted by Crippen LogP contribution is 2.29. The molecule has 0 bridgehead atoms. The third-order valence-corrected chi connectivity index (χ3v) is 6.43. The van der Waals surface area contributed by atoms with Crippen LogP contribution < -0.4 is 10.6 Å². The van der Waals surface area contributed by atoms with Gasteiger partial charge in [-0.2, -0.15) is 0 Å². The molecule has 0 saturated heterocycles. The number of thiophene rings is 1. The van der Waals surface area contributed by atoms with Gasteiger partial charge < -0.3 is 15.2 Å². The third kappa shape index (κ3) is 4.90. The fraction of sp³-hybridized carbons (Fsp3) is 0.0833. The van der Waals surface area contributed by atoms with E-state index in [0.717, 1.165) is 23.5 Å². The summed E-state index contributed by atoms with van der Waals surface area (Å²) in [6.45, 7) is 1.75. The van der Waals surface area contributed by atoms with Crippen molar-refractivity contribution in [3.8, 4) is 0 Å². The van der Waals surface area contributed by atoms with E-state index in [1.807, 2.05) is 0 Å². The molecule has 34 heavy (non-hydrogen) atoms. The number of benzene rings is 2. The van der Waals surface area contributed by atoms with Crippen LogP contribution in [0.5, 0.6) is 0 Å². The minimum Gasteiger partial charge on any atom is -0.331 e. The number of carbonyl (C=O) groups is 3. The second-order valence-electron chi connectivity index (χ2n) is 7.42. The maximum absolute atomic E-state index is 13.2. The standard InChI is InChI=1S/C24H18ClFN4O3S/c1-13-11-19(29-23(32)17-8-5-15(26)12-18(17)25)34-21(13)24(33)28-16-6-3-14(4-7-16)20(31)22-27-9-10-30(22)2/h3-12H,1-2H3,(H,28,33)(H,29,32). The molecule has 0 saturated carbocycles. The smallest absolute Gasteiger partial charge is 0.266 e. The van der Waals surface area contributed by atoms with Gasteiger partial charge in [0.1, 0.15) is 5.82 Å². The van der Waals surface area contributed by atoms with E-state index in [0.29, 0.717) is 32.5 Å². The van der Waals surface area contributed by atoms with Gasteiger partial charge in [-0.25, -0.2) is 9.37 Å².